The van der Waals surface area contributed by atoms with E-state index in [0.29, 0.717) is 0 Å². The van der Waals surface area contributed by atoms with E-state index in [9.17, 15) is 23.7 Å². The van der Waals surface area contributed by atoms with E-state index >= 15 is 0 Å². The molecule has 0 saturated heterocycles. The van der Waals surface area contributed by atoms with Crippen molar-refractivity contribution in [1.29, 1.82) is 0 Å². The Balaban J connectivity index is 1.73. The van der Waals surface area contributed by atoms with Crippen molar-refractivity contribution >= 4 is 31.7 Å². The molecule has 0 aromatic heterocycles. The predicted molar refractivity (Wildman–Crippen MR) is 144 cm³/mol. The number of rotatable bonds is 19. The third-order valence-corrected chi connectivity index (χ3v) is 6.55. The summed E-state index contributed by atoms with van der Waals surface area (Å²) < 4.78 is 52.9. The highest BCUT2D eigenvalue weighted by atomic mass is 31.2. The summed E-state index contributed by atoms with van der Waals surface area (Å²) in [7, 11) is -2.57. The molecular formula is C27H33O14P. The highest BCUT2D eigenvalue weighted by Gasteiger charge is 2.26. The Hall–Kier alpha value is -3.65. The van der Waals surface area contributed by atoms with Crippen molar-refractivity contribution in [2.75, 3.05) is 66.6 Å². The maximum atomic E-state index is 12.8. The summed E-state index contributed by atoms with van der Waals surface area (Å²) in [5.74, 6) is -2.63. The van der Waals surface area contributed by atoms with Crippen LogP contribution < -0.4 is 0 Å². The lowest BCUT2D eigenvalue weighted by Crippen LogP contribution is -2.14. The Morgan fingerprint density at radius 2 is 0.905 bits per heavy atom. The van der Waals surface area contributed by atoms with Gasteiger partial charge in [0.1, 0.15) is 26.4 Å². The fourth-order valence-electron chi connectivity index (χ4n) is 3.01. The number of hydrogen-bond acceptors (Lipinski definition) is 14. The van der Waals surface area contributed by atoms with E-state index in [1.54, 1.807) is 6.92 Å². The maximum absolute atomic E-state index is 12.8. The molecule has 0 heterocycles. The monoisotopic (exact) mass is 612 g/mol. The third kappa shape index (κ3) is 12.1. The van der Waals surface area contributed by atoms with Gasteiger partial charge in [0.05, 0.1) is 55.3 Å². The minimum atomic E-state index is -4.05. The van der Waals surface area contributed by atoms with E-state index in [1.165, 1.54) is 55.6 Å². The molecule has 0 bridgehead atoms. The topological polar surface area (TPSA) is 179 Å². The zero-order valence-electron chi connectivity index (χ0n) is 23.2. The van der Waals surface area contributed by atoms with Gasteiger partial charge in [0.15, 0.2) is 0 Å². The van der Waals surface area contributed by atoms with Crippen molar-refractivity contribution in [3.8, 4) is 0 Å². The lowest BCUT2D eigenvalue weighted by Gasteiger charge is -2.17. The molecule has 0 aliphatic heterocycles. The van der Waals surface area contributed by atoms with Crippen molar-refractivity contribution in [1.82, 2.24) is 0 Å². The molecule has 0 fully saturated rings. The Labute approximate surface area is 242 Å². The molecule has 0 aliphatic carbocycles. The minimum Gasteiger partial charge on any atom is -0.460 e. The van der Waals surface area contributed by atoms with Gasteiger partial charge in [0.25, 0.3) is 0 Å². The van der Waals surface area contributed by atoms with Crippen LogP contribution >= 0.6 is 7.82 Å². The number of phosphoric ester groups is 1. The summed E-state index contributed by atoms with van der Waals surface area (Å²) in [5, 5.41) is 8.70. The van der Waals surface area contributed by atoms with E-state index in [0.717, 1.165) is 0 Å². The van der Waals surface area contributed by atoms with E-state index in [4.69, 9.17) is 42.4 Å². The summed E-state index contributed by atoms with van der Waals surface area (Å²) in [4.78, 5) is 48.1. The van der Waals surface area contributed by atoms with Crippen molar-refractivity contribution in [2.24, 2.45) is 0 Å². The van der Waals surface area contributed by atoms with E-state index in [-0.39, 0.29) is 81.7 Å². The standard InChI is InChI=1S/C27H33O14P/c1-3-39-42(33,40-18-16-37-26(31)22-6-4-20(5-7-22)24(29)35-13-12-28)41-19-17-38-27(32)23-10-8-21(9-11-23)25(30)36-15-14-34-2/h4-11,28H,3,12-19H2,1-2H3. The lowest BCUT2D eigenvalue weighted by atomic mass is 10.1. The van der Waals surface area contributed by atoms with E-state index in [2.05, 4.69) is 0 Å². The first kappa shape index (κ1) is 34.6. The molecule has 230 valence electrons. The number of ether oxygens (including phenoxy) is 5. The first-order chi connectivity index (χ1) is 20.2. The van der Waals surface area contributed by atoms with Crippen LogP contribution in [0.3, 0.4) is 0 Å². The van der Waals surface area contributed by atoms with Gasteiger partial charge in [-0.15, -0.1) is 0 Å². The Bertz CT molecular complexity index is 1200. The normalized spacial score (nSPS) is 12.2. The molecular weight excluding hydrogens is 579 g/mol. The first-order valence-corrected chi connectivity index (χ1v) is 14.2. The summed E-state index contributed by atoms with van der Waals surface area (Å²) in [6.07, 6.45) is 0. The SMILES string of the molecule is CCOP(=O)(OCCOC(=O)c1ccc(C(=O)OCCO)cc1)OCCOC(=O)c1ccc(C(=O)OCCOC)cc1. The fraction of sp³-hybridized carbons (Fsp3) is 0.407. The molecule has 15 heteroatoms. The number of aliphatic hydroxyl groups excluding tert-OH is 1. The molecule has 1 unspecified atom stereocenters. The highest BCUT2D eigenvalue weighted by molar-refractivity contribution is 7.48. The zero-order valence-corrected chi connectivity index (χ0v) is 24.1. The van der Waals surface area contributed by atoms with Crippen LogP contribution in [0.2, 0.25) is 0 Å². The average Bonchev–Trinajstić information content (AvgIpc) is 3.00. The number of phosphoric acid groups is 1. The van der Waals surface area contributed by atoms with Crippen molar-refractivity contribution in [3.63, 3.8) is 0 Å². The molecule has 0 aliphatic rings. The molecule has 2 aromatic carbocycles. The molecule has 42 heavy (non-hydrogen) atoms. The molecule has 0 saturated carbocycles. The molecule has 1 atom stereocenters. The van der Waals surface area contributed by atoms with Gasteiger partial charge in [0, 0.05) is 7.11 Å². The number of methoxy groups -OCH3 is 1. The Kier molecular flexibility index (Phi) is 15.4. The number of aliphatic hydroxyl groups is 1. The van der Waals surface area contributed by atoms with Gasteiger partial charge in [-0.2, -0.15) is 0 Å². The molecule has 1 N–H and O–H groups in total. The van der Waals surface area contributed by atoms with Gasteiger partial charge in [0.2, 0.25) is 0 Å². The second kappa shape index (κ2) is 18.7. The van der Waals surface area contributed by atoms with Crippen molar-refractivity contribution in [3.05, 3.63) is 70.8 Å². The van der Waals surface area contributed by atoms with Crippen LogP contribution in [0, 0.1) is 0 Å². The van der Waals surface area contributed by atoms with Crippen LogP contribution in [-0.2, 0) is 41.8 Å². The van der Waals surface area contributed by atoms with E-state index in [1.807, 2.05) is 0 Å². The van der Waals surface area contributed by atoms with Gasteiger partial charge < -0.3 is 28.8 Å². The van der Waals surface area contributed by atoms with Gasteiger partial charge in [-0.3, -0.25) is 13.6 Å². The van der Waals surface area contributed by atoms with Gasteiger partial charge in [-0.05, 0) is 55.5 Å². The molecule has 0 spiro atoms. The summed E-state index contributed by atoms with van der Waals surface area (Å²) in [6.45, 7) is 0.260. The van der Waals surface area contributed by atoms with E-state index < -0.39 is 31.7 Å². The fourth-order valence-corrected chi connectivity index (χ4v) is 4.15. The smallest absolute Gasteiger partial charge is 0.460 e. The highest BCUT2D eigenvalue weighted by Crippen LogP contribution is 2.49. The Morgan fingerprint density at radius 1 is 0.571 bits per heavy atom. The molecule has 0 amide bonds. The van der Waals surface area contributed by atoms with Crippen LogP contribution in [0.1, 0.15) is 48.4 Å². The number of hydrogen-bond donors (Lipinski definition) is 1. The van der Waals surface area contributed by atoms with Crippen molar-refractivity contribution in [2.45, 2.75) is 6.92 Å². The van der Waals surface area contributed by atoms with Gasteiger partial charge >= 0.3 is 31.7 Å². The van der Waals surface area contributed by atoms with Crippen LogP contribution in [0.4, 0.5) is 0 Å². The first-order valence-electron chi connectivity index (χ1n) is 12.7. The second-order valence-electron chi connectivity index (χ2n) is 7.95. The number of benzene rings is 2. The third-order valence-electron chi connectivity index (χ3n) is 4.98. The summed E-state index contributed by atoms with van der Waals surface area (Å²) in [5.41, 5.74) is 0.765. The summed E-state index contributed by atoms with van der Waals surface area (Å²) in [6, 6.07) is 11.1. The zero-order chi connectivity index (χ0) is 30.8. The summed E-state index contributed by atoms with van der Waals surface area (Å²) >= 11 is 0. The van der Waals surface area contributed by atoms with Crippen LogP contribution in [0.5, 0.6) is 0 Å². The Morgan fingerprint density at radius 3 is 1.21 bits per heavy atom. The number of carbonyl (C=O) groups excluding carboxylic acids is 4. The number of esters is 4. The minimum absolute atomic E-state index is 0.00973. The quantitative estimate of drug-likeness (QED) is 0.106. The lowest BCUT2D eigenvalue weighted by molar-refractivity contribution is 0.0322. The maximum Gasteiger partial charge on any atom is 0.475 e. The average molecular weight is 613 g/mol. The largest absolute Gasteiger partial charge is 0.475 e. The van der Waals surface area contributed by atoms with Crippen LogP contribution in [-0.4, -0.2) is 95.6 Å². The van der Waals surface area contributed by atoms with Crippen LogP contribution in [0.25, 0.3) is 0 Å². The van der Waals surface area contributed by atoms with Gasteiger partial charge in [-0.25, -0.2) is 23.7 Å². The molecule has 2 rings (SSSR count). The van der Waals surface area contributed by atoms with Gasteiger partial charge in [-0.1, -0.05) is 0 Å². The predicted octanol–water partition coefficient (Wildman–Crippen LogP) is 2.83. The molecule has 0 radical (unpaired) electrons. The molecule has 14 nitrogen and oxygen atoms in total. The van der Waals surface area contributed by atoms with Crippen LogP contribution in [0.15, 0.2) is 48.5 Å². The second-order valence-corrected chi connectivity index (χ2v) is 9.62. The number of carbonyl (C=O) groups is 4. The van der Waals surface area contributed by atoms with Crippen molar-refractivity contribution < 1.29 is 66.1 Å². The molecule has 2 aromatic rings.